The zero-order valence-electron chi connectivity index (χ0n) is 11.9. The van der Waals surface area contributed by atoms with Crippen LogP contribution in [0.25, 0.3) is 0 Å². The van der Waals surface area contributed by atoms with Gasteiger partial charge < -0.3 is 9.64 Å². The van der Waals surface area contributed by atoms with Gasteiger partial charge in [0.15, 0.2) is 0 Å². The van der Waals surface area contributed by atoms with Gasteiger partial charge in [0.05, 0.1) is 17.7 Å². The molecule has 1 amide bonds. The summed E-state index contributed by atoms with van der Waals surface area (Å²) in [6.07, 6.45) is 0. The fourth-order valence-electron chi connectivity index (χ4n) is 1.61. The van der Waals surface area contributed by atoms with Crippen LogP contribution in [-0.2, 0) is 10.2 Å². The van der Waals surface area contributed by atoms with Crippen LogP contribution in [-0.4, -0.2) is 53.1 Å². The van der Waals surface area contributed by atoms with Gasteiger partial charge in [0.2, 0.25) is 0 Å². The molecule has 19 heavy (non-hydrogen) atoms. The molecule has 0 aliphatic rings. The monoisotopic (exact) mass is 305 g/mol. The number of carbonyl (C=O) groups is 1. The number of rotatable bonds is 5. The van der Waals surface area contributed by atoms with Gasteiger partial charge in [-0.25, -0.2) is 0 Å². The molecular weight excluding hydrogens is 286 g/mol. The highest BCUT2D eigenvalue weighted by Gasteiger charge is 2.28. The molecule has 0 spiro atoms. The zero-order chi connectivity index (χ0) is 14.6. The molecule has 0 bridgehead atoms. The predicted octanol–water partition coefficient (Wildman–Crippen LogP) is 2.16. The molecule has 1 unspecified atom stereocenters. The number of alkyl halides is 1. The summed E-state index contributed by atoms with van der Waals surface area (Å²) in [5.41, 5.74) is 0.526. The second kappa shape index (κ2) is 6.63. The van der Waals surface area contributed by atoms with Crippen molar-refractivity contribution in [3.8, 4) is 0 Å². The summed E-state index contributed by atoms with van der Waals surface area (Å²) in [5, 5.41) is 3.85. The van der Waals surface area contributed by atoms with Crippen molar-refractivity contribution < 1.29 is 9.53 Å². The number of amides is 1. The van der Waals surface area contributed by atoms with E-state index in [4.69, 9.17) is 16.3 Å². The smallest absolute Gasteiger partial charge is 0.267 e. The maximum atomic E-state index is 12.4. The summed E-state index contributed by atoms with van der Waals surface area (Å²) in [6, 6.07) is 0. The molecule has 0 N–H and O–H groups in total. The molecule has 1 aromatic heterocycles. The average molecular weight is 306 g/mol. The van der Waals surface area contributed by atoms with Crippen molar-refractivity contribution >= 4 is 29.0 Å². The van der Waals surface area contributed by atoms with Gasteiger partial charge in [0.1, 0.15) is 4.88 Å². The van der Waals surface area contributed by atoms with E-state index in [0.717, 1.165) is 17.2 Å². The maximum Gasteiger partial charge on any atom is 0.267 e. The van der Waals surface area contributed by atoms with Crippen molar-refractivity contribution in [3.63, 3.8) is 0 Å². The van der Waals surface area contributed by atoms with Gasteiger partial charge in [-0.1, -0.05) is 25.3 Å². The lowest BCUT2D eigenvalue weighted by molar-refractivity contribution is 0.0783. The third-order valence-electron chi connectivity index (χ3n) is 2.56. The molecule has 0 aliphatic heterocycles. The van der Waals surface area contributed by atoms with Crippen LogP contribution in [0.3, 0.4) is 0 Å². The van der Waals surface area contributed by atoms with Gasteiger partial charge in [0, 0.05) is 26.1 Å². The standard InChI is InChI=1S/C12H20ClN3O2S/c1-12(2,3)10-9(19-15-14-10)11(17)16(4)6-8(13)7-18-5/h8H,6-7H2,1-5H3. The maximum absolute atomic E-state index is 12.4. The number of aromatic nitrogens is 2. The Morgan fingerprint density at radius 2 is 2.16 bits per heavy atom. The van der Waals surface area contributed by atoms with Crippen molar-refractivity contribution in [2.45, 2.75) is 31.6 Å². The molecule has 0 radical (unpaired) electrons. The molecule has 1 atom stereocenters. The van der Waals surface area contributed by atoms with Crippen LogP contribution in [0.1, 0.15) is 36.1 Å². The third kappa shape index (κ3) is 4.40. The van der Waals surface area contributed by atoms with Crippen molar-refractivity contribution in [2.24, 2.45) is 0 Å². The van der Waals surface area contributed by atoms with Crippen molar-refractivity contribution in [2.75, 3.05) is 27.3 Å². The number of carbonyl (C=O) groups excluding carboxylic acids is 1. The van der Waals surface area contributed by atoms with E-state index in [1.807, 2.05) is 20.8 Å². The van der Waals surface area contributed by atoms with Gasteiger partial charge in [-0.15, -0.1) is 16.7 Å². The SMILES string of the molecule is COCC(Cl)CN(C)C(=O)c1snnc1C(C)(C)C. The number of ether oxygens (including phenoxy) is 1. The largest absolute Gasteiger partial charge is 0.383 e. The van der Waals surface area contributed by atoms with Gasteiger partial charge in [-0.3, -0.25) is 4.79 Å². The zero-order valence-corrected chi connectivity index (χ0v) is 13.5. The molecule has 7 heteroatoms. The van der Waals surface area contributed by atoms with Gasteiger partial charge in [-0.2, -0.15) is 0 Å². The predicted molar refractivity (Wildman–Crippen MR) is 77.1 cm³/mol. The molecule has 5 nitrogen and oxygen atoms in total. The van der Waals surface area contributed by atoms with E-state index in [1.54, 1.807) is 19.1 Å². The fraction of sp³-hybridized carbons (Fsp3) is 0.750. The lowest BCUT2D eigenvalue weighted by Gasteiger charge is -2.21. The van der Waals surface area contributed by atoms with Crippen molar-refractivity contribution in [3.05, 3.63) is 10.6 Å². The van der Waals surface area contributed by atoms with Crippen LogP contribution in [0.2, 0.25) is 0 Å². The summed E-state index contributed by atoms with van der Waals surface area (Å²) in [5.74, 6) is -0.0957. The molecule has 0 aromatic carbocycles. The van der Waals surface area contributed by atoms with E-state index >= 15 is 0 Å². The van der Waals surface area contributed by atoms with E-state index in [0.29, 0.717) is 18.0 Å². The molecular formula is C12H20ClN3O2S. The third-order valence-corrected chi connectivity index (χ3v) is 3.54. The van der Waals surface area contributed by atoms with E-state index in [1.165, 1.54) is 0 Å². The van der Waals surface area contributed by atoms with Gasteiger partial charge in [0.25, 0.3) is 5.91 Å². The second-order valence-electron chi connectivity index (χ2n) is 5.44. The Morgan fingerprint density at radius 3 is 2.68 bits per heavy atom. The Labute approximate surface area is 123 Å². The molecule has 0 fully saturated rings. The summed E-state index contributed by atoms with van der Waals surface area (Å²) in [6.45, 7) is 6.86. The molecule has 0 saturated carbocycles. The quantitative estimate of drug-likeness (QED) is 0.782. The first-order valence-corrected chi connectivity index (χ1v) is 7.19. The molecule has 1 rings (SSSR count). The van der Waals surface area contributed by atoms with Crippen molar-refractivity contribution in [1.82, 2.24) is 14.5 Å². The number of hydrogen-bond donors (Lipinski definition) is 0. The van der Waals surface area contributed by atoms with Crippen LogP contribution in [0.15, 0.2) is 0 Å². The average Bonchev–Trinajstić information content (AvgIpc) is 2.76. The topological polar surface area (TPSA) is 55.3 Å². The summed E-state index contributed by atoms with van der Waals surface area (Å²) >= 11 is 7.19. The lowest BCUT2D eigenvalue weighted by Crippen LogP contribution is -2.34. The summed E-state index contributed by atoms with van der Waals surface area (Å²) in [7, 11) is 3.31. The first-order valence-electron chi connectivity index (χ1n) is 5.98. The second-order valence-corrected chi connectivity index (χ2v) is 6.81. The van der Waals surface area contributed by atoms with Crippen LogP contribution in [0.4, 0.5) is 0 Å². The molecule has 1 heterocycles. The van der Waals surface area contributed by atoms with Crippen LogP contribution in [0, 0.1) is 0 Å². The van der Waals surface area contributed by atoms with E-state index in [-0.39, 0.29) is 16.7 Å². The molecule has 108 valence electrons. The first-order chi connectivity index (χ1) is 8.77. The Hall–Kier alpha value is -0.720. The summed E-state index contributed by atoms with van der Waals surface area (Å²) in [4.78, 5) is 14.5. The first kappa shape index (κ1) is 16.3. The Balaban J connectivity index is 2.81. The Kier molecular flexibility index (Phi) is 5.70. The number of nitrogens with zero attached hydrogens (tertiary/aromatic N) is 3. The van der Waals surface area contributed by atoms with E-state index in [9.17, 15) is 4.79 Å². The van der Waals surface area contributed by atoms with Crippen LogP contribution >= 0.6 is 23.1 Å². The lowest BCUT2D eigenvalue weighted by atomic mass is 9.91. The van der Waals surface area contributed by atoms with Crippen LogP contribution in [0.5, 0.6) is 0 Å². The van der Waals surface area contributed by atoms with Crippen molar-refractivity contribution in [1.29, 1.82) is 0 Å². The van der Waals surface area contributed by atoms with E-state index in [2.05, 4.69) is 9.59 Å². The highest BCUT2D eigenvalue weighted by Crippen LogP contribution is 2.26. The number of halogens is 1. The minimum absolute atomic E-state index is 0.0957. The number of methoxy groups -OCH3 is 1. The van der Waals surface area contributed by atoms with Gasteiger partial charge >= 0.3 is 0 Å². The van der Waals surface area contributed by atoms with Crippen LogP contribution < -0.4 is 0 Å². The molecule has 0 aliphatic carbocycles. The molecule has 0 saturated heterocycles. The highest BCUT2D eigenvalue weighted by atomic mass is 35.5. The molecule has 1 aromatic rings. The summed E-state index contributed by atoms with van der Waals surface area (Å²) < 4.78 is 8.85. The minimum atomic E-state index is -0.224. The fourth-order valence-corrected chi connectivity index (χ4v) is 2.81. The number of hydrogen-bond acceptors (Lipinski definition) is 5. The minimum Gasteiger partial charge on any atom is -0.383 e. The Morgan fingerprint density at radius 1 is 1.53 bits per heavy atom. The Bertz CT molecular complexity index is 431. The van der Waals surface area contributed by atoms with Gasteiger partial charge in [-0.05, 0) is 11.5 Å². The normalized spacial score (nSPS) is 13.4. The van der Waals surface area contributed by atoms with E-state index < -0.39 is 0 Å². The highest BCUT2D eigenvalue weighted by molar-refractivity contribution is 7.08.